The zero-order chi connectivity index (χ0) is 29.0. The van der Waals surface area contributed by atoms with E-state index in [1.54, 1.807) is 0 Å². The SMILES string of the molecule is Cc1cccc(NC(=O)COc2ccc(C3C4=C(CC(C)(C)CC4=O)N(C)C4=C3C(=O)CC(C)(C)C4)cc2Br)c1. The van der Waals surface area contributed by atoms with Crippen LogP contribution in [-0.2, 0) is 14.4 Å². The number of ketones is 2. The minimum absolute atomic E-state index is 0.108. The summed E-state index contributed by atoms with van der Waals surface area (Å²) in [7, 11) is 2.01. The molecule has 40 heavy (non-hydrogen) atoms. The number of benzene rings is 2. The Hall–Kier alpha value is -3.19. The van der Waals surface area contributed by atoms with Gasteiger partial charge in [-0.3, -0.25) is 14.4 Å². The van der Waals surface area contributed by atoms with Crippen LogP contribution in [0.4, 0.5) is 5.69 Å². The number of nitrogens with one attached hydrogen (secondary N) is 1. The summed E-state index contributed by atoms with van der Waals surface area (Å²) in [6.45, 7) is 10.4. The van der Waals surface area contributed by atoms with Gasteiger partial charge in [0.1, 0.15) is 5.75 Å². The lowest BCUT2D eigenvalue weighted by Gasteiger charge is -2.47. The molecule has 6 nitrogen and oxygen atoms in total. The summed E-state index contributed by atoms with van der Waals surface area (Å²) in [4.78, 5) is 42.0. The van der Waals surface area contributed by atoms with Crippen LogP contribution >= 0.6 is 15.9 Å². The van der Waals surface area contributed by atoms with E-state index in [1.165, 1.54) is 0 Å². The summed E-state index contributed by atoms with van der Waals surface area (Å²) in [6, 6.07) is 13.3. The van der Waals surface area contributed by atoms with E-state index in [1.807, 2.05) is 56.4 Å². The molecular weight excluding hydrogens is 568 g/mol. The van der Waals surface area contributed by atoms with Gasteiger partial charge in [0, 0.05) is 54.0 Å². The summed E-state index contributed by atoms with van der Waals surface area (Å²) in [5.74, 6) is 0.0653. The van der Waals surface area contributed by atoms with Crippen LogP contribution in [0.3, 0.4) is 0 Å². The van der Waals surface area contributed by atoms with Gasteiger partial charge < -0.3 is 15.0 Å². The molecule has 7 heteroatoms. The Morgan fingerprint density at radius 3 is 2.10 bits per heavy atom. The van der Waals surface area contributed by atoms with Crippen LogP contribution in [0.25, 0.3) is 0 Å². The first kappa shape index (κ1) is 28.3. The summed E-state index contributed by atoms with van der Waals surface area (Å²) in [5, 5.41) is 2.85. The third kappa shape index (κ3) is 5.53. The van der Waals surface area contributed by atoms with Gasteiger partial charge >= 0.3 is 0 Å². The molecule has 0 spiro atoms. The Morgan fingerprint density at radius 2 is 1.55 bits per heavy atom. The third-order valence-corrected chi connectivity index (χ3v) is 8.75. The van der Waals surface area contributed by atoms with Crippen molar-refractivity contribution >= 4 is 39.1 Å². The molecule has 0 bridgehead atoms. The molecule has 2 aromatic rings. The summed E-state index contributed by atoms with van der Waals surface area (Å²) >= 11 is 3.63. The van der Waals surface area contributed by atoms with Crippen LogP contribution in [0.2, 0.25) is 0 Å². The van der Waals surface area contributed by atoms with Gasteiger partial charge in [0.25, 0.3) is 5.91 Å². The first-order valence-corrected chi connectivity index (χ1v) is 14.6. The maximum absolute atomic E-state index is 13.7. The summed E-state index contributed by atoms with van der Waals surface area (Å²) in [6.07, 6.45) is 2.48. The monoisotopic (exact) mass is 604 g/mol. The highest BCUT2D eigenvalue weighted by atomic mass is 79.9. The normalized spacial score (nSPS) is 20.3. The number of allylic oxidation sites excluding steroid dienone is 4. The molecule has 5 rings (SSSR count). The fraction of sp³-hybridized carbons (Fsp3) is 0.424. The smallest absolute Gasteiger partial charge is 0.262 e. The first-order valence-electron chi connectivity index (χ1n) is 13.8. The Morgan fingerprint density at radius 1 is 0.950 bits per heavy atom. The molecule has 0 saturated heterocycles. The average Bonchev–Trinajstić information content (AvgIpc) is 2.83. The number of hydrogen-bond acceptors (Lipinski definition) is 5. The van der Waals surface area contributed by atoms with E-state index in [0.717, 1.165) is 52.2 Å². The fourth-order valence-corrected chi connectivity index (χ4v) is 6.89. The molecule has 0 radical (unpaired) electrons. The number of carbonyl (C=O) groups is 3. The molecule has 1 aliphatic heterocycles. The van der Waals surface area contributed by atoms with Crippen LogP contribution in [0.1, 0.15) is 70.4 Å². The lowest BCUT2D eigenvalue weighted by molar-refractivity contribution is -0.120. The van der Waals surface area contributed by atoms with Crippen molar-refractivity contribution in [2.24, 2.45) is 10.8 Å². The predicted molar refractivity (Wildman–Crippen MR) is 160 cm³/mol. The van der Waals surface area contributed by atoms with Crippen molar-refractivity contribution in [1.82, 2.24) is 4.90 Å². The van der Waals surface area contributed by atoms with Crippen molar-refractivity contribution in [3.05, 3.63) is 80.6 Å². The molecule has 1 heterocycles. The van der Waals surface area contributed by atoms with Gasteiger partial charge in [-0.1, -0.05) is 45.9 Å². The van der Waals surface area contributed by atoms with Crippen LogP contribution in [0.5, 0.6) is 5.75 Å². The fourth-order valence-electron chi connectivity index (χ4n) is 6.37. The van der Waals surface area contributed by atoms with Gasteiger partial charge in [-0.25, -0.2) is 0 Å². The number of carbonyl (C=O) groups excluding carboxylic acids is 3. The molecule has 1 N–H and O–H groups in total. The van der Waals surface area contributed by atoms with E-state index < -0.39 is 5.92 Å². The van der Waals surface area contributed by atoms with Crippen LogP contribution in [0, 0.1) is 17.8 Å². The van der Waals surface area contributed by atoms with Gasteiger partial charge in [-0.2, -0.15) is 0 Å². The minimum Gasteiger partial charge on any atom is -0.483 e. The molecule has 2 aliphatic carbocycles. The van der Waals surface area contributed by atoms with E-state index in [-0.39, 0.29) is 34.9 Å². The summed E-state index contributed by atoms with van der Waals surface area (Å²) in [5.41, 5.74) is 5.91. The quantitative estimate of drug-likeness (QED) is 0.394. The Labute approximate surface area is 245 Å². The van der Waals surface area contributed by atoms with E-state index in [2.05, 4.69) is 53.8 Å². The highest BCUT2D eigenvalue weighted by Crippen LogP contribution is 2.54. The predicted octanol–water partition coefficient (Wildman–Crippen LogP) is 7.09. The molecule has 0 unspecified atom stereocenters. The molecule has 0 atom stereocenters. The maximum Gasteiger partial charge on any atom is 0.262 e. The van der Waals surface area contributed by atoms with E-state index in [0.29, 0.717) is 23.1 Å². The second-order valence-corrected chi connectivity index (χ2v) is 13.8. The molecule has 210 valence electrons. The average molecular weight is 606 g/mol. The number of nitrogens with zero attached hydrogens (tertiary/aromatic N) is 1. The Kier molecular flexibility index (Phi) is 7.32. The van der Waals surface area contributed by atoms with Crippen molar-refractivity contribution in [1.29, 1.82) is 0 Å². The number of hydrogen-bond donors (Lipinski definition) is 1. The third-order valence-electron chi connectivity index (χ3n) is 8.13. The second kappa shape index (κ2) is 10.3. The highest BCUT2D eigenvalue weighted by Gasteiger charge is 2.48. The minimum atomic E-state index is -0.414. The van der Waals surface area contributed by atoms with Crippen molar-refractivity contribution in [3.63, 3.8) is 0 Å². The van der Waals surface area contributed by atoms with Crippen LogP contribution in [0.15, 0.2) is 69.5 Å². The largest absolute Gasteiger partial charge is 0.483 e. The number of halogens is 1. The maximum atomic E-state index is 13.7. The molecule has 1 amide bonds. The van der Waals surface area contributed by atoms with Crippen molar-refractivity contribution in [2.75, 3.05) is 19.0 Å². The zero-order valence-electron chi connectivity index (χ0n) is 24.1. The topological polar surface area (TPSA) is 75.7 Å². The first-order chi connectivity index (χ1) is 18.7. The van der Waals surface area contributed by atoms with Gasteiger partial charge in [-0.15, -0.1) is 0 Å². The van der Waals surface area contributed by atoms with Gasteiger partial charge in [0.15, 0.2) is 18.2 Å². The zero-order valence-corrected chi connectivity index (χ0v) is 25.7. The van der Waals surface area contributed by atoms with Crippen LogP contribution in [-0.4, -0.2) is 36.0 Å². The van der Waals surface area contributed by atoms with E-state index in [9.17, 15) is 14.4 Å². The van der Waals surface area contributed by atoms with Crippen molar-refractivity contribution < 1.29 is 19.1 Å². The summed E-state index contributed by atoms with van der Waals surface area (Å²) < 4.78 is 6.52. The Bertz CT molecular complexity index is 1430. The molecule has 0 aromatic heterocycles. The second-order valence-electron chi connectivity index (χ2n) is 13.0. The molecule has 3 aliphatic rings. The molecule has 0 saturated carbocycles. The highest BCUT2D eigenvalue weighted by molar-refractivity contribution is 9.10. The molecule has 2 aromatic carbocycles. The van der Waals surface area contributed by atoms with E-state index in [4.69, 9.17) is 4.74 Å². The van der Waals surface area contributed by atoms with Crippen molar-refractivity contribution in [2.45, 2.75) is 66.2 Å². The number of rotatable bonds is 5. The van der Waals surface area contributed by atoms with Gasteiger partial charge in [0.2, 0.25) is 0 Å². The number of Topliss-reactive ketones (excluding diaryl/α,β-unsaturated/α-hetero) is 2. The standard InChI is InChI=1S/C33H37BrN2O4/c1-19-8-7-9-21(12-19)35-28(39)18-40-27-11-10-20(13-22(27)34)29-30-23(14-32(2,3)16-25(30)37)36(6)24-15-33(4,5)17-26(38)31(24)29/h7-13,29H,14-18H2,1-6H3,(H,35,39). The van der Waals surface area contributed by atoms with Gasteiger partial charge in [-0.05, 0) is 81.9 Å². The lowest BCUT2D eigenvalue weighted by atomic mass is 9.64. The number of anilines is 1. The number of ether oxygens (including phenoxy) is 1. The Balaban J connectivity index is 1.46. The molecular formula is C33H37BrN2O4. The lowest BCUT2D eigenvalue weighted by Crippen LogP contribution is -2.43. The number of aryl methyl sites for hydroxylation is 1. The van der Waals surface area contributed by atoms with Gasteiger partial charge in [0.05, 0.1) is 4.47 Å². The van der Waals surface area contributed by atoms with Crippen LogP contribution < -0.4 is 10.1 Å². The van der Waals surface area contributed by atoms with E-state index >= 15 is 0 Å². The number of amides is 1. The van der Waals surface area contributed by atoms with Crippen molar-refractivity contribution in [3.8, 4) is 5.75 Å². The molecule has 0 fully saturated rings.